The third-order valence-electron chi connectivity index (χ3n) is 5.84. The van der Waals surface area contributed by atoms with Gasteiger partial charge in [0, 0.05) is 23.8 Å². The summed E-state index contributed by atoms with van der Waals surface area (Å²) in [5, 5.41) is 12.3. The van der Waals surface area contributed by atoms with E-state index in [1.54, 1.807) is 44.4 Å². The van der Waals surface area contributed by atoms with Crippen LogP contribution in [0.1, 0.15) is 27.2 Å². The number of carboxylic acid groups (broad SMARTS) is 1. The molecule has 2 aromatic heterocycles. The number of hydrogen-bond acceptors (Lipinski definition) is 6. The van der Waals surface area contributed by atoms with Crippen LogP contribution in [0, 0.1) is 6.92 Å². The number of fused-ring (bicyclic) bond motifs is 1. The summed E-state index contributed by atoms with van der Waals surface area (Å²) in [6, 6.07) is 13.4. The Morgan fingerprint density at radius 3 is 2.51 bits per heavy atom. The van der Waals surface area contributed by atoms with Crippen molar-refractivity contribution < 1.29 is 24.2 Å². The maximum absolute atomic E-state index is 12.2. The van der Waals surface area contributed by atoms with Crippen molar-refractivity contribution in [1.29, 1.82) is 0 Å². The highest BCUT2D eigenvalue weighted by Crippen LogP contribution is 2.35. The Bertz CT molecular complexity index is 1590. The molecule has 1 amide bonds. The van der Waals surface area contributed by atoms with Crippen LogP contribution in [-0.2, 0) is 16.2 Å². The summed E-state index contributed by atoms with van der Waals surface area (Å²) < 4.78 is 8.76. The number of aryl methyl sites for hydroxylation is 1. The number of amides is 1. The average molecular weight is 662 g/mol. The molecule has 4 aromatic rings. The zero-order valence-corrected chi connectivity index (χ0v) is 25.5. The van der Waals surface area contributed by atoms with Gasteiger partial charge in [0.2, 0.25) is 5.91 Å². The number of benzene rings is 2. The number of pyridine rings is 1. The van der Waals surface area contributed by atoms with E-state index in [-0.39, 0.29) is 24.6 Å². The van der Waals surface area contributed by atoms with Crippen molar-refractivity contribution in [3.8, 4) is 5.75 Å². The van der Waals surface area contributed by atoms with Crippen molar-refractivity contribution in [2.45, 2.75) is 13.5 Å². The van der Waals surface area contributed by atoms with Gasteiger partial charge in [-0.05, 0) is 77.9 Å². The summed E-state index contributed by atoms with van der Waals surface area (Å²) in [6.07, 6.45) is 5.54. The molecule has 4 rings (SSSR count). The Balaban J connectivity index is 0.000000298. The van der Waals surface area contributed by atoms with Crippen molar-refractivity contribution in [2.75, 3.05) is 25.5 Å². The Labute approximate surface area is 255 Å². The van der Waals surface area contributed by atoms with Gasteiger partial charge in [0.25, 0.3) is 0 Å². The molecule has 0 unspecified atom stereocenters. The van der Waals surface area contributed by atoms with Crippen LogP contribution in [0.4, 0.5) is 5.69 Å². The molecule has 0 saturated heterocycles. The van der Waals surface area contributed by atoms with Gasteiger partial charge in [0.15, 0.2) is 11.4 Å². The van der Waals surface area contributed by atoms with Crippen molar-refractivity contribution in [1.82, 2.24) is 14.7 Å². The number of aromatic carboxylic acids is 1. The maximum atomic E-state index is 12.2. The zero-order chi connectivity index (χ0) is 30.1. The highest BCUT2D eigenvalue weighted by atomic mass is 79.9. The number of imidazole rings is 1. The van der Waals surface area contributed by atoms with Gasteiger partial charge in [0.1, 0.15) is 17.5 Å². The normalized spacial score (nSPS) is 10.8. The molecule has 41 heavy (non-hydrogen) atoms. The first-order valence-electron chi connectivity index (χ1n) is 12.2. The molecule has 12 heteroatoms. The number of aldehydes is 1. The van der Waals surface area contributed by atoms with Gasteiger partial charge >= 0.3 is 5.97 Å². The lowest BCUT2D eigenvalue weighted by Crippen LogP contribution is -2.34. The molecular formula is C29H27BrCl2N4O5. The number of nitrogens with one attached hydrogen (secondary N) is 1. The van der Waals surface area contributed by atoms with E-state index in [1.807, 2.05) is 29.7 Å². The number of ether oxygens (including phenoxy) is 1. The van der Waals surface area contributed by atoms with E-state index in [2.05, 4.69) is 26.2 Å². The number of rotatable bonds is 9. The Morgan fingerprint density at radius 2 is 1.88 bits per heavy atom. The molecule has 0 radical (unpaired) electrons. The van der Waals surface area contributed by atoms with E-state index in [9.17, 15) is 14.4 Å². The molecule has 2 heterocycles. The standard InChI is InChI=1S/C19H19BrCl2N4O2.C10H8O3/c1-11-18(20)26-8-4-5-15(19(26)24-11)28-10-12-13(21)6-7-14(17(12)22)25(3)16(27)9-23-2;11-7-1-2-8-3-5-9(6-4-8)10(12)13/h4-8,23H,9-10H2,1-3H3;1-7H,(H,12,13)/b;2-1+. The van der Waals surface area contributed by atoms with Gasteiger partial charge in [-0.1, -0.05) is 41.4 Å². The zero-order valence-electron chi connectivity index (χ0n) is 22.4. The van der Waals surface area contributed by atoms with Crippen molar-refractivity contribution >= 4 is 74.7 Å². The molecule has 0 aliphatic heterocycles. The molecule has 0 aliphatic rings. The Morgan fingerprint density at radius 1 is 1.17 bits per heavy atom. The summed E-state index contributed by atoms with van der Waals surface area (Å²) in [4.78, 5) is 38.6. The first-order valence-corrected chi connectivity index (χ1v) is 13.7. The van der Waals surface area contributed by atoms with E-state index in [1.165, 1.54) is 23.1 Å². The van der Waals surface area contributed by atoms with E-state index in [0.717, 1.165) is 15.9 Å². The molecule has 0 bridgehead atoms. The lowest BCUT2D eigenvalue weighted by atomic mass is 10.1. The predicted octanol–water partition coefficient (Wildman–Crippen LogP) is 6.07. The van der Waals surface area contributed by atoms with E-state index >= 15 is 0 Å². The number of allylic oxidation sites excluding steroid dienone is 1. The second kappa shape index (κ2) is 14.8. The maximum Gasteiger partial charge on any atom is 0.335 e. The number of carboxylic acids is 1. The van der Waals surface area contributed by atoms with E-state index < -0.39 is 5.97 Å². The number of carbonyl (C=O) groups excluding carboxylic acids is 2. The van der Waals surface area contributed by atoms with Crippen LogP contribution in [-0.4, -0.2) is 53.3 Å². The van der Waals surface area contributed by atoms with Gasteiger partial charge in [-0.25, -0.2) is 9.78 Å². The fraction of sp³-hybridized carbons (Fsp3) is 0.172. The van der Waals surface area contributed by atoms with Gasteiger partial charge in [-0.3, -0.25) is 14.0 Å². The van der Waals surface area contributed by atoms with Gasteiger partial charge < -0.3 is 20.1 Å². The summed E-state index contributed by atoms with van der Waals surface area (Å²) in [7, 11) is 3.38. The number of nitrogens with zero attached hydrogens (tertiary/aromatic N) is 3. The number of carbonyl (C=O) groups is 3. The second-order valence-corrected chi connectivity index (χ2v) is 10.1. The molecule has 0 atom stereocenters. The minimum absolute atomic E-state index is 0.110. The molecule has 9 nitrogen and oxygen atoms in total. The van der Waals surface area contributed by atoms with Crippen LogP contribution in [0.3, 0.4) is 0 Å². The Hall–Kier alpha value is -3.70. The highest BCUT2D eigenvalue weighted by Gasteiger charge is 2.19. The minimum atomic E-state index is -0.953. The highest BCUT2D eigenvalue weighted by molar-refractivity contribution is 9.10. The average Bonchev–Trinajstić information content (AvgIpc) is 3.26. The number of hydrogen-bond donors (Lipinski definition) is 2. The number of anilines is 1. The van der Waals surface area contributed by atoms with Crippen molar-refractivity contribution in [3.63, 3.8) is 0 Å². The predicted molar refractivity (Wildman–Crippen MR) is 164 cm³/mol. The molecule has 214 valence electrons. The summed E-state index contributed by atoms with van der Waals surface area (Å²) in [6.45, 7) is 2.26. The van der Waals surface area contributed by atoms with Crippen molar-refractivity contribution in [2.24, 2.45) is 0 Å². The number of likely N-dealkylation sites (N-methyl/N-ethyl adjacent to an activating group) is 2. The summed E-state index contributed by atoms with van der Waals surface area (Å²) in [5.74, 6) is -0.458. The van der Waals surface area contributed by atoms with E-state index in [4.69, 9.17) is 33.0 Å². The Kier molecular flexibility index (Phi) is 11.5. The van der Waals surface area contributed by atoms with Gasteiger partial charge in [-0.15, -0.1) is 0 Å². The molecule has 0 saturated carbocycles. The summed E-state index contributed by atoms with van der Waals surface area (Å²) in [5.41, 5.74) is 3.77. The fourth-order valence-corrected chi connectivity index (χ4v) is 4.64. The van der Waals surface area contributed by atoms with Crippen LogP contribution in [0.2, 0.25) is 10.0 Å². The van der Waals surface area contributed by atoms with Crippen LogP contribution < -0.4 is 15.0 Å². The number of aromatic nitrogens is 2. The van der Waals surface area contributed by atoms with Crippen LogP contribution in [0.15, 0.2) is 65.4 Å². The molecule has 0 fully saturated rings. The molecular weight excluding hydrogens is 635 g/mol. The van der Waals surface area contributed by atoms with Crippen LogP contribution >= 0.6 is 39.1 Å². The molecule has 0 spiro atoms. The fourth-order valence-electron chi connectivity index (χ4n) is 3.66. The van der Waals surface area contributed by atoms with Gasteiger partial charge in [-0.2, -0.15) is 0 Å². The monoisotopic (exact) mass is 660 g/mol. The first-order chi connectivity index (χ1) is 19.6. The van der Waals surface area contributed by atoms with Gasteiger partial charge in [0.05, 0.1) is 28.5 Å². The SMILES string of the molecule is CNCC(=O)N(C)c1ccc(Cl)c(COc2cccn3c(Br)c(C)nc23)c1Cl.O=C/C=C/c1ccc(C(=O)O)cc1. The topological polar surface area (TPSA) is 113 Å². The largest absolute Gasteiger partial charge is 0.485 e. The third kappa shape index (κ3) is 7.95. The molecule has 2 N–H and O–H groups in total. The summed E-state index contributed by atoms with van der Waals surface area (Å²) >= 11 is 16.4. The second-order valence-electron chi connectivity index (χ2n) is 8.61. The van der Waals surface area contributed by atoms with Crippen LogP contribution in [0.5, 0.6) is 5.75 Å². The number of halogens is 3. The molecule has 0 aliphatic carbocycles. The lowest BCUT2D eigenvalue weighted by Gasteiger charge is -2.21. The van der Waals surface area contributed by atoms with E-state index in [0.29, 0.717) is 39.0 Å². The quantitative estimate of drug-likeness (QED) is 0.165. The molecule has 2 aromatic carbocycles. The minimum Gasteiger partial charge on any atom is -0.485 e. The third-order valence-corrected chi connectivity index (χ3v) is 7.57. The van der Waals surface area contributed by atoms with Crippen LogP contribution in [0.25, 0.3) is 11.7 Å². The first kappa shape index (κ1) is 31.8. The van der Waals surface area contributed by atoms with Crippen molar-refractivity contribution in [3.05, 3.63) is 97.8 Å². The smallest absolute Gasteiger partial charge is 0.335 e. The lowest BCUT2D eigenvalue weighted by molar-refractivity contribution is -0.117.